The van der Waals surface area contributed by atoms with E-state index in [1.807, 2.05) is 20.8 Å². The Morgan fingerprint density at radius 3 is 2.91 bits per heavy atom. The molecule has 22 heavy (non-hydrogen) atoms. The highest BCUT2D eigenvalue weighted by Gasteiger charge is 2.26. The van der Waals surface area contributed by atoms with Crippen molar-refractivity contribution >= 4 is 18.1 Å². The molecular weight excluding hydrogens is 282 g/mol. The van der Waals surface area contributed by atoms with Gasteiger partial charge in [0.05, 0.1) is 6.04 Å². The molecule has 0 aromatic rings. The summed E-state index contributed by atoms with van der Waals surface area (Å²) in [4.78, 5) is 20.2. The third kappa shape index (κ3) is 5.14. The highest BCUT2D eigenvalue weighted by atomic mass is 16.5. The second-order valence-corrected chi connectivity index (χ2v) is 6.56. The molecule has 0 aliphatic carbocycles. The highest BCUT2D eigenvalue weighted by molar-refractivity contribution is 5.91. The van der Waals surface area contributed by atoms with Crippen molar-refractivity contribution in [3.05, 3.63) is 12.5 Å². The molecule has 0 aromatic carbocycles. The van der Waals surface area contributed by atoms with Crippen LogP contribution in [0.15, 0.2) is 22.4 Å². The van der Waals surface area contributed by atoms with Gasteiger partial charge in [-0.1, -0.05) is 0 Å². The molecule has 0 spiro atoms. The van der Waals surface area contributed by atoms with Gasteiger partial charge in [0, 0.05) is 18.7 Å². The molecule has 0 saturated carbocycles. The summed E-state index contributed by atoms with van der Waals surface area (Å²) in [6, 6.07) is 0.00426. The fourth-order valence-electron chi connectivity index (χ4n) is 2.43. The molecule has 0 radical (unpaired) electrons. The fraction of sp³-hybridized carbons (Fsp3) is 0.667. The first-order valence-corrected chi connectivity index (χ1v) is 7.63. The third-order valence-corrected chi connectivity index (χ3v) is 3.34. The minimum absolute atomic E-state index is 0.00426. The minimum Gasteiger partial charge on any atom is -0.472 e. The van der Waals surface area contributed by atoms with Gasteiger partial charge in [0.2, 0.25) is 17.7 Å². The number of aliphatic imine (C=N–C) groups is 2. The Kier molecular flexibility index (Phi) is 5.18. The van der Waals surface area contributed by atoms with Crippen LogP contribution in [-0.2, 0) is 9.53 Å². The molecule has 122 valence electrons. The predicted octanol–water partition coefficient (Wildman–Crippen LogP) is 1.09. The first-order valence-electron chi connectivity index (χ1n) is 7.63. The summed E-state index contributed by atoms with van der Waals surface area (Å²) in [5.41, 5.74) is 5.67. The van der Waals surface area contributed by atoms with Crippen molar-refractivity contribution in [3.8, 4) is 0 Å². The Balaban J connectivity index is 1.86. The predicted molar refractivity (Wildman–Crippen MR) is 86.3 cm³/mol. The van der Waals surface area contributed by atoms with Crippen LogP contribution in [-0.4, -0.2) is 36.3 Å². The van der Waals surface area contributed by atoms with Crippen LogP contribution in [0, 0.1) is 5.92 Å². The molecule has 2 aliphatic heterocycles. The van der Waals surface area contributed by atoms with Gasteiger partial charge in [0.25, 0.3) is 0 Å². The van der Waals surface area contributed by atoms with Crippen molar-refractivity contribution < 1.29 is 9.53 Å². The van der Waals surface area contributed by atoms with Crippen LogP contribution in [0.4, 0.5) is 0 Å². The molecule has 2 rings (SSSR count). The standard InChI is InChI=1S/C15H25N5O2/c1-10(22-15(2,3)4)18-14-17-9-12(19-20-14)8-11-6-5-7-16-13(11)21/h9,11-12,19H,1,5-8H2,2-4H3,(H,16,21)(H,18,20). The molecule has 2 atom stereocenters. The van der Waals surface area contributed by atoms with Crippen molar-refractivity contribution in [2.45, 2.75) is 51.7 Å². The summed E-state index contributed by atoms with van der Waals surface area (Å²) < 4.78 is 5.53. The second-order valence-electron chi connectivity index (χ2n) is 6.56. The fourth-order valence-corrected chi connectivity index (χ4v) is 2.43. The summed E-state index contributed by atoms with van der Waals surface area (Å²) in [6.45, 7) is 10.3. The lowest BCUT2D eigenvalue weighted by Crippen LogP contribution is -2.50. The molecule has 0 aromatic heterocycles. The number of piperidine rings is 1. The molecule has 2 aliphatic rings. The summed E-state index contributed by atoms with van der Waals surface area (Å²) in [5.74, 6) is 0.878. The van der Waals surface area contributed by atoms with Crippen LogP contribution in [0.25, 0.3) is 0 Å². The number of hydrogen-bond donors (Lipinski definition) is 3. The molecule has 7 nitrogen and oxygen atoms in total. The summed E-state index contributed by atoms with van der Waals surface area (Å²) in [5, 5.41) is 2.89. The van der Waals surface area contributed by atoms with Gasteiger partial charge in [0.1, 0.15) is 5.60 Å². The van der Waals surface area contributed by atoms with Gasteiger partial charge in [-0.2, -0.15) is 4.99 Å². The van der Waals surface area contributed by atoms with Crippen molar-refractivity contribution in [1.29, 1.82) is 0 Å². The van der Waals surface area contributed by atoms with Crippen LogP contribution in [0.5, 0.6) is 0 Å². The number of carbonyl (C=O) groups is 1. The number of rotatable bonds is 4. The molecule has 1 fully saturated rings. The first-order chi connectivity index (χ1) is 10.3. The van der Waals surface area contributed by atoms with Crippen LogP contribution < -0.4 is 16.2 Å². The number of nitrogens with zero attached hydrogens (tertiary/aromatic N) is 2. The Morgan fingerprint density at radius 1 is 1.55 bits per heavy atom. The van der Waals surface area contributed by atoms with Crippen LogP contribution in [0.3, 0.4) is 0 Å². The van der Waals surface area contributed by atoms with E-state index in [-0.39, 0.29) is 23.5 Å². The maximum atomic E-state index is 11.8. The number of nitrogens with one attached hydrogen (secondary N) is 3. The molecular formula is C15H25N5O2. The molecule has 1 saturated heterocycles. The molecule has 0 bridgehead atoms. The van der Waals surface area contributed by atoms with Gasteiger partial charge in [-0.05, 0) is 46.6 Å². The Labute approximate surface area is 131 Å². The van der Waals surface area contributed by atoms with Gasteiger partial charge in [0.15, 0.2) is 0 Å². The largest absolute Gasteiger partial charge is 0.472 e. The van der Waals surface area contributed by atoms with Gasteiger partial charge in [-0.15, -0.1) is 0 Å². The van der Waals surface area contributed by atoms with E-state index in [1.54, 1.807) is 6.21 Å². The quantitative estimate of drug-likeness (QED) is 0.679. The number of amides is 1. The number of guanidine groups is 1. The molecule has 3 N–H and O–H groups in total. The van der Waals surface area contributed by atoms with Crippen molar-refractivity contribution in [1.82, 2.24) is 16.2 Å². The van der Waals surface area contributed by atoms with Gasteiger partial charge in [-0.3, -0.25) is 10.2 Å². The van der Waals surface area contributed by atoms with Crippen molar-refractivity contribution in [2.75, 3.05) is 6.54 Å². The van der Waals surface area contributed by atoms with E-state index in [2.05, 4.69) is 32.7 Å². The van der Waals surface area contributed by atoms with E-state index in [0.29, 0.717) is 11.8 Å². The Bertz CT molecular complexity index is 493. The zero-order valence-electron chi connectivity index (χ0n) is 13.5. The zero-order chi connectivity index (χ0) is 16.2. The van der Waals surface area contributed by atoms with E-state index in [1.165, 1.54) is 0 Å². The van der Waals surface area contributed by atoms with E-state index in [9.17, 15) is 4.79 Å². The van der Waals surface area contributed by atoms with Crippen molar-refractivity contribution in [3.63, 3.8) is 0 Å². The topological polar surface area (TPSA) is 87.1 Å². The SMILES string of the molecule is C=C(/N=C1\N=CC(CC2CCCNC2=O)NN1)OC(C)(C)C. The number of carbonyl (C=O) groups excluding carboxylic acids is 1. The normalized spacial score (nSPS) is 27.2. The Morgan fingerprint density at radius 2 is 2.32 bits per heavy atom. The smallest absolute Gasteiger partial charge is 0.240 e. The van der Waals surface area contributed by atoms with Crippen LogP contribution in [0.2, 0.25) is 0 Å². The molecule has 7 heteroatoms. The summed E-state index contributed by atoms with van der Waals surface area (Å²) in [7, 11) is 0. The van der Waals surface area contributed by atoms with E-state index in [4.69, 9.17) is 4.74 Å². The van der Waals surface area contributed by atoms with Crippen LogP contribution >= 0.6 is 0 Å². The molecule has 2 heterocycles. The molecule has 2 unspecified atom stereocenters. The van der Waals surface area contributed by atoms with Gasteiger partial charge >= 0.3 is 0 Å². The van der Waals surface area contributed by atoms with Crippen LogP contribution in [0.1, 0.15) is 40.0 Å². The number of hydrogen-bond acceptors (Lipinski definition) is 4. The van der Waals surface area contributed by atoms with E-state index < -0.39 is 0 Å². The Hall–Kier alpha value is -1.89. The zero-order valence-corrected chi connectivity index (χ0v) is 13.5. The summed E-state index contributed by atoms with van der Waals surface area (Å²) >= 11 is 0. The number of ether oxygens (including phenoxy) is 1. The lowest BCUT2D eigenvalue weighted by Gasteiger charge is -2.27. The van der Waals surface area contributed by atoms with E-state index >= 15 is 0 Å². The van der Waals surface area contributed by atoms with E-state index in [0.717, 1.165) is 25.8 Å². The van der Waals surface area contributed by atoms with Gasteiger partial charge in [-0.25, -0.2) is 10.4 Å². The maximum Gasteiger partial charge on any atom is 0.240 e. The molecule has 1 amide bonds. The average Bonchev–Trinajstić information content (AvgIpc) is 2.41. The van der Waals surface area contributed by atoms with Crippen molar-refractivity contribution in [2.24, 2.45) is 15.9 Å². The minimum atomic E-state index is -0.343. The second kappa shape index (κ2) is 6.91. The summed E-state index contributed by atoms with van der Waals surface area (Å²) in [6.07, 6.45) is 4.44. The first kappa shape index (κ1) is 16.5. The monoisotopic (exact) mass is 307 g/mol. The number of hydrazine groups is 1. The highest BCUT2D eigenvalue weighted by Crippen LogP contribution is 2.17. The van der Waals surface area contributed by atoms with Gasteiger partial charge < -0.3 is 10.1 Å². The average molecular weight is 307 g/mol. The maximum absolute atomic E-state index is 11.8. The lowest BCUT2D eigenvalue weighted by atomic mass is 9.92. The third-order valence-electron chi connectivity index (χ3n) is 3.34. The lowest BCUT2D eigenvalue weighted by molar-refractivity contribution is -0.126.